The number of hydrogen-bond acceptors (Lipinski definition) is 7. The average molecular weight is 275 g/mol. The van der Waals surface area contributed by atoms with E-state index < -0.39 is 36.2 Å². The van der Waals surface area contributed by atoms with Crippen LogP contribution in [0, 0.1) is 0 Å². The molecule has 4 atom stereocenters. The fourth-order valence-electron chi connectivity index (χ4n) is 1.94. The van der Waals surface area contributed by atoms with E-state index >= 15 is 0 Å². The van der Waals surface area contributed by atoms with Gasteiger partial charge in [-0.25, -0.2) is 0 Å². The van der Waals surface area contributed by atoms with E-state index in [0.717, 1.165) is 0 Å². The molecule has 1 fully saturated rings. The minimum absolute atomic E-state index is 0.304. The third-order valence-corrected chi connectivity index (χ3v) is 3.09. The van der Waals surface area contributed by atoms with Gasteiger partial charge in [0.25, 0.3) is 0 Å². The van der Waals surface area contributed by atoms with Gasteiger partial charge in [0, 0.05) is 0 Å². The normalized spacial score (nSPS) is 25.8. The van der Waals surface area contributed by atoms with Crippen LogP contribution in [0.4, 0.5) is 0 Å². The Labute approximate surface area is 111 Å². The van der Waals surface area contributed by atoms with Crippen molar-refractivity contribution in [3.8, 4) is 0 Å². The topological polar surface area (TPSA) is 148 Å². The fraction of sp³-hybridized carbons (Fsp3) is 0.818. The zero-order valence-corrected chi connectivity index (χ0v) is 10.6. The van der Waals surface area contributed by atoms with Crippen LogP contribution in [0.1, 0.15) is 19.3 Å². The molecule has 0 aliphatic carbocycles. The Morgan fingerprint density at radius 3 is 2.74 bits per heavy atom. The molecule has 110 valence electrons. The van der Waals surface area contributed by atoms with Gasteiger partial charge in [-0.05, 0) is 32.4 Å². The number of nitrogens with two attached hydrogens (primary N) is 2. The Balaban J connectivity index is 2.47. The minimum Gasteiger partial charge on any atom is -0.480 e. The number of carbonyl (C=O) groups is 2. The highest BCUT2D eigenvalue weighted by Crippen LogP contribution is 2.13. The Hall–Kier alpha value is -1.22. The van der Waals surface area contributed by atoms with Crippen LogP contribution in [0.5, 0.6) is 0 Å². The molecule has 0 aromatic rings. The molecule has 0 aromatic carbocycles. The Morgan fingerprint density at radius 1 is 1.47 bits per heavy atom. The summed E-state index contributed by atoms with van der Waals surface area (Å²) in [4.78, 5) is 22.6. The highest BCUT2D eigenvalue weighted by Gasteiger charge is 2.37. The maximum Gasteiger partial charge on any atom is 0.325 e. The van der Waals surface area contributed by atoms with Crippen molar-refractivity contribution in [3.05, 3.63) is 0 Å². The zero-order valence-electron chi connectivity index (χ0n) is 10.6. The summed E-state index contributed by atoms with van der Waals surface area (Å²) in [7, 11) is 0. The minimum atomic E-state index is -1.18. The van der Waals surface area contributed by atoms with Crippen molar-refractivity contribution in [2.45, 2.75) is 43.6 Å². The number of carbonyl (C=O) groups excluding carboxylic acids is 1. The third-order valence-electron chi connectivity index (χ3n) is 3.09. The van der Waals surface area contributed by atoms with Gasteiger partial charge in [0.2, 0.25) is 0 Å². The lowest BCUT2D eigenvalue weighted by Crippen LogP contribution is -2.47. The SMILES string of the molecule is NCCCC(O)[C@H](N)C(=O)OC1CCN[C@@H]1C(=O)O. The summed E-state index contributed by atoms with van der Waals surface area (Å²) in [5, 5.41) is 21.3. The molecule has 2 unspecified atom stereocenters. The first-order valence-corrected chi connectivity index (χ1v) is 6.27. The summed E-state index contributed by atoms with van der Waals surface area (Å²) in [6.07, 6.45) is -0.525. The first-order valence-electron chi connectivity index (χ1n) is 6.27. The molecule has 0 amide bonds. The van der Waals surface area contributed by atoms with Crippen molar-refractivity contribution in [1.29, 1.82) is 0 Å². The molecule has 1 rings (SSSR count). The molecule has 0 aromatic heterocycles. The van der Waals surface area contributed by atoms with E-state index in [1.165, 1.54) is 0 Å². The molecule has 1 heterocycles. The second-order valence-electron chi connectivity index (χ2n) is 4.56. The van der Waals surface area contributed by atoms with Gasteiger partial charge in [-0.1, -0.05) is 0 Å². The van der Waals surface area contributed by atoms with Crippen LogP contribution < -0.4 is 16.8 Å². The van der Waals surface area contributed by atoms with Gasteiger partial charge in [-0.2, -0.15) is 0 Å². The van der Waals surface area contributed by atoms with Crippen LogP contribution in [0.2, 0.25) is 0 Å². The summed E-state index contributed by atoms with van der Waals surface area (Å²) in [5.74, 6) is -1.86. The monoisotopic (exact) mass is 275 g/mol. The van der Waals surface area contributed by atoms with Crippen LogP contribution in [0.15, 0.2) is 0 Å². The van der Waals surface area contributed by atoms with Gasteiger partial charge in [-0.15, -0.1) is 0 Å². The van der Waals surface area contributed by atoms with Crippen LogP contribution >= 0.6 is 0 Å². The standard InChI is InChI=1S/C11H21N3O5/c12-4-1-2-6(15)8(13)11(18)19-7-3-5-14-9(7)10(16)17/h6-9,14-15H,1-5,12-13H2,(H,16,17)/t6?,7?,8-,9-/m0/s1. The molecule has 7 N–H and O–H groups in total. The highest BCUT2D eigenvalue weighted by atomic mass is 16.5. The maximum absolute atomic E-state index is 11.7. The van der Waals surface area contributed by atoms with Gasteiger partial charge in [0.05, 0.1) is 6.10 Å². The lowest BCUT2D eigenvalue weighted by atomic mass is 10.1. The van der Waals surface area contributed by atoms with E-state index in [4.69, 9.17) is 21.3 Å². The van der Waals surface area contributed by atoms with E-state index in [1.807, 2.05) is 0 Å². The number of carboxylic acids is 1. The second-order valence-corrected chi connectivity index (χ2v) is 4.56. The van der Waals surface area contributed by atoms with Gasteiger partial charge >= 0.3 is 11.9 Å². The van der Waals surface area contributed by atoms with E-state index in [9.17, 15) is 14.7 Å². The average Bonchev–Trinajstić information content (AvgIpc) is 2.83. The number of hydrogen-bond donors (Lipinski definition) is 5. The molecule has 0 bridgehead atoms. The van der Waals surface area contributed by atoms with Gasteiger partial charge in [-0.3, -0.25) is 9.59 Å². The summed E-state index contributed by atoms with van der Waals surface area (Å²) < 4.78 is 5.05. The first-order chi connectivity index (χ1) is 8.97. The number of aliphatic carboxylic acids is 1. The van der Waals surface area contributed by atoms with Crippen molar-refractivity contribution in [1.82, 2.24) is 5.32 Å². The van der Waals surface area contributed by atoms with Crippen molar-refractivity contribution >= 4 is 11.9 Å². The van der Waals surface area contributed by atoms with E-state index in [1.54, 1.807) is 0 Å². The molecule has 8 nitrogen and oxygen atoms in total. The molecular weight excluding hydrogens is 254 g/mol. The number of aliphatic hydroxyl groups is 1. The maximum atomic E-state index is 11.7. The number of ether oxygens (including phenoxy) is 1. The Bertz CT molecular complexity index is 325. The largest absolute Gasteiger partial charge is 0.480 e. The van der Waals surface area contributed by atoms with Gasteiger partial charge < -0.3 is 31.7 Å². The number of aliphatic hydroxyl groups excluding tert-OH is 1. The van der Waals surface area contributed by atoms with E-state index in [-0.39, 0.29) is 0 Å². The van der Waals surface area contributed by atoms with Gasteiger partial charge in [0.1, 0.15) is 18.2 Å². The number of rotatable bonds is 7. The summed E-state index contributed by atoms with van der Waals surface area (Å²) in [5.41, 5.74) is 10.9. The predicted molar refractivity (Wildman–Crippen MR) is 66.2 cm³/mol. The molecule has 1 aliphatic heterocycles. The molecular formula is C11H21N3O5. The Kier molecular flexibility index (Phi) is 6.16. The summed E-state index contributed by atoms with van der Waals surface area (Å²) in [6, 6.07) is -2.10. The highest BCUT2D eigenvalue weighted by molar-refractivity contribution is 5.78. The number of esters is 1. The zero-order chi connectivity index (χ0) is 14.4. The third kappa shape index (κ3) is 4.43. The molecule has 0 saturated carbocycles. The molecule has 0 radical (unpaired) electrons. The number of nitrogens with one attached hydrogen (secondary N) is 1. The molecule has 1 saturated heterocycles. The molecule has 19 heavy (non-hydrogen) atoms. The predicted octanol–water partition coefficient (Wildman–Crippen LogP) is -2.23. The number of carboxylic acid groups (broad SMARTS) is 1. The second kappa shape index (κ2) is 7.39. The van der Waals surface area contributed by atoms with Crippen molar-refractivity contribution < 1.29 is 24.5 Å². The van der Waals surface area contributed by atoms with Crippen LogP contribution in [-0.4, -0.2) is 59.5 Å². The first kappa shape index (κ1) is 15.8. The molecule has 0 spiro atoms. The van der Waals surface area contributed by atoms with Crippen LogP contribution in [0.25, 0.3) is 0 Å². The lowest BCUT2D eigenvalue weighted by molar-refractivity contribution is -0.157. The van der Waals surface area contributed by atoms with Gasteiger partial charge in [0.15, 0.2) is 0 Å². The van der Waals surface area contributed by atoms with E-state index in [0.29, 0.717) is 32.4 Å². The summed E-state index contributed by atoms with van der Waals surface area (Å²) >= 11 is 0. The smallest absolute Gasteiger partial charge is 0.325 e. The van der Waals surface area contributed by atoms with Crippen LogP contribution in [0.3, 0.4) is 0 Å². The Morgan fingerprint density at radius 2 is 2.16 bits per heavy atom. The quantitative estimate of drug-likeness (QED) is 0.328. The summed E-state index contributed by atoms with van der Waals surface area (Å²) in [6.45, 7) is 0.854. The fourth-order valence-corrected chi connectivity index (χ4v) is 1.94. The van der Waals surface area contributed by atoms with Crippen molar-refractivity contribution in [2.24, 2.45) is 11.5 Å². The van der Waals surface area contributed by atoms with E-state index in [2.05, 4.69) is 5.32 Å². The van der Waals surface area contributed by atoms with Crippen molar-refractivity contribution in [3.63, 3.8) is 0 Å². The van der Waals surface area contributed by atoms with Crippen LogP contribution in [-0.2, 0) is 14.3 Å². The molecule has 1 aliphatic rings. The lowest BCUT2D eigenvalue weighted by Gasteiger charge is -2.21. The molecule has 8 heteroatoms. The van der Waals surface area contributed by atoms with Crippen molar-refractivity contribution in [2.75, 3.05) is 13.1 Å².